The van der Waals surface area contributed by atoms with Gasteiger partial charge < -0.3 is 19.5 Å². The van der Waals surface area contributed by atoms with E-state index in [0.717, 1.165) is 33.8 Å². The Kier molecular flexibility index (Phi) is 5.15. The second-order valence-electron chi connectivity index (χ2n) is 7.40. The Balaban J connectivity index is 1.76. The van der Waals surface area contributed by atoms with Crippen LogP contribution in [0, 0.1) is 0 Å². The van der Waals surface area contributed by atoms with E-state index < -0.39 is 0 Å². The molecule has 32 heavy (non-hydrogen) atoms. The SMILES string of the molecule is COc1cc(OC)c([C@@H]2C=C(c3ccc(Cl)cc3)Nc3nc4ccccc4n32)cc1OC. The van der Waals surface area contributed by atoms with Gasteiger partial charge >= 0.3 is 0 Å². The first-order valence-electron chi connectivity index (χ1n) is 10.1. The van der Waals surface area contributed by atoms with Crippen molar-refractivity contribution in [2.75, 3.05) is 26.6 Å². The highest BCUT2D eigenvalue weighted by Gasteiger charge is 2.28. The average Bonchev–Trinajstić information content (AvgIpc) is 3.21. The van der Waals surface area contributed by atoms with Crippen LogP contribution in [-0.4, -0.2) is 30.9 Å². The highest BCUT2D eigenvalue weighted by Crippen LogP contribution is 2.43. The highest BCUT2D eigenvalue weighted by atomic mass is 35.5. The van der Waals surface area contributed by atoms with E-state index in [2.05, 4.69) is 22.0 Å². The number of methoxy groups -OCH3 is 3. The van der Waals surface area contributed by atoms with Gasteiger partial charge in [0.1, 0.15) is 5.75 Å². The van der Waals surface area contributed by atoms with E-state index in [1.165, 1.54) is 0 Å². The maximum absolute atomic E-state index is 6.11. The van der Waals surface area contributed by atoms with Crippen LogP contribution in [-0.2, 0) is 0 Å². The number of rotatable bonds is 5. The fourth-order valence-corrected chi connectivity index (χ4v) is 4.25. The number of fused-ring (bicyclic) bond motifs is 3. The second-order valence-corrected chi connectivity index (χ2v) is 7.84. The summed E-state index contributed by atoms with van der Waals surface area (Å²) in [4.78, 5) is 4.84. The van der Waals surface area contributed by atoms with E-state index in [1.54, 1.807) is 21.3 Å². The molecule has 1 N–H and O–H groups in total. The molecule has 2 heterocycles. The minimum absolute atomic E-state index is 0.195. The lowest BCUT2D eigenvalue weighted by atomic mass is 9.99. The smallest absolute Gasteiger partial charge is 0.209 e. The molecule has 0 saturated carbocycles. The van der Waals surface area contributed by atoms with Gasteiger partial charge in [0, 0.05) is 22.3 Å². The van der Waals surface area contributed by atoms with Crippen LogP contribution in [0.3, 0.4) is 0 Å². The summed E-state index contributed by atoms with van der Waals surface area (Å²) in [6.45, 7) is 0. The molecule has 6 nitrogen and oxygen atoms in total. The quantitative estimate of drug-likeness (QED) is 0.420. The van der Waals surface area contributed by atoms with Gasteiger partial charge in [-0.25, -0.2) is 4.98 Å². The van der Waals surface area contributed by atoms with Crippen LogP contribution in [0.15, 0.2) is 66.7 Å². The monoisotopic (exact) mass is 447 g/mol. The van der Waals surface area contributed by atoms with Crippen LogP contribution in [0.4, 0.5) is 5.95 Å². The number of anilines is 1. The van der Waals surface area contributed by atoms with Crippen molar-refractivity contribution in [3.8, 4) is 17.2 Å². The third-order valence-electron chi connectivity index (χ3n) is 5.65. The summed E-state index contributed by atoms with van der Waals surface area (Å²) in [5, 5.41) is 4.17. The Bertz CT molecular complexity index is 1330. The van der Waals surface area contributed by atoms with Crippen LogP contribution in [0.2, 0.25) is 5.02 Å². The lowest BCUT2D eigenvalue weighted by Gasteiger charge is -2.28. The first-order chi connectivity index (χ1) is 15.6. The zero-order chi connectivity index (χ0) is 22.2. The maximum atomic E-state index is 6.11. The fourth-order valence-electron chi connectivity index (χ4n) is 4.12. The first kappa shape index (κ1) is 20.3. The lowest BCUT2D eigenvalue weighted by molar-refractivity contribution is 0.346. The van der Waals surface area contributed by atoms with E-state index in [9.17, 15) is 0 Å². The van der Waals surface area contributed by atoms with Crippen LogP contribution >= 0.6 is 11.6 Å². The van der Waals surface area contributed by atoms with Gasteiger partial charge in [-0.1, -0.05) is 35.9 Å². The van der Waals surface area contributed by atoms with Crippen LogP contribution < -0.4 is 19.5 Å². The van der Waals surface area contributed by atoms with Gasteiger partial charge in [0.15, 0.2) is 11.5 Å². The molecule has 4 aromatic rings. The summed E-state index contributed by atoms with van der Waals surface area (Å²) >= 11 is 6.11. The van der Waals surface area contributed by atoms with Crippen molar-refractivity contribution in [2.45, 2.75) is 6.04 Å². The number of halogens is 1. The number of para-hydroxylation sites is 2. The largest absolute Gasteiger partial charge is 0.496 e. The molecule has 5 rings (SSSR count). The molecule has 7 heteroatoms. The van der Waals surface area contributed by atoms with Gasteiger partial charge in [-0.2, -0.15) is 0 Å². The first-order valence-corrected chi connectivity index (χ1v) is 10.5. The number of allylic oxidation sites excluding steroid dienone is 1. The summed E-state index contributed by atoms with van der Waals surface area (Å²) in [6, 6.07) is 19.4. The predicted molar refractivity (Wildman–Crippen MR) is 127 cm³/mol. The molecular weight excluding hydrogens is 426 g/mol. The van der Waals surface area contributed by atoms with Crippen molar-refractivity contribution >= 4 is 34.3 Å². The molecule has 1 aliphatic rings. The number of aromatic nitrogens is 2. The van der Waals surface area contributed by atoms with Crippen molar-refractivity contribution in [3.63, 3.8) is 0 Å². The van der Waals surface area contributed by atoms with Gasteiger partial charge in [-0.05, 0) is 42.0 Å². The van der Waals surface area contributed by atoms with Crippen LogP contribution in [0.5, 0.6) is 17.2 Å². The summed E-state index contributed by atoms with van der Waals surface area (Å²) in [7, 11) is 4.90. The standard InChI is InChI=1S/C25H22ClN3O3/c1-30-22-14-24(32-3)23(31-2)12-17(22)21-13-19(15-8-10-16(26)11-9-15)28-25-27-18-6-4-5-7-20(18)29(21)25/h4-14,21H,1-3H3,(H,27,28)/t21-/m0/s1. The molecule has 0 radical (unpaired) electrons. The molecule has 162 valence electrons. The molecule has 0 amide bonds. The third kappa shape index (κ3) is 3.33. The van der Waals surface area contributed by atoms with Crippen molar-refractivity contribution in [1.29, 1.82) is 0 Å². The Morgan fingerprint density at radius 1 is 0.875 bits per heavy atom. The van der Waals surface area contributed by atoms with Crippen molar-refractivity contribution in [2.24, 2.45) is 0 Å². The Hall–Kier alpha value is -3.64. The molecule has 0 saturated heterocycles. The topological polar surface area (TPSA) is 57.5 Å². The molecular formula is C25H22ClN3O3. The lowest BCUT2D eigenvalue weighted by Crippen LogP contribution is -2.19. The zero-order valence-corrected chi connectivity index (χ0v) is 18.7. The Morgan fingerprint density at radius 2 is 1.56 bits per heavy atom. The third-order valence-corrected chi connectivity index (χ3v) is 5.91. The molecule has 0 aliphatic carbocycles. The van der Waals surface area contributed by atoms with Crippen molar-refractivity contribution in [1.82, 2.24) is 9.55 Å². The van der Waals surface area contributed by atoms with Crippen LogP contribution in [0.25, 0.3) is 16.7 Å². The van der Waals surface area contributed by atoms with Crippen molar-refractivity contribution in [3.05, 3.63) is 82.9 Å². The molecule has 1 aliphatic heterocycles. The average molecular weight is 448 g/mol. The number of hydrogen-bond acceptors (Lipinski definition) is 5. The number of benzene rings is 3. The van der Waals surface area contributed by atoms with E-state index in [-0.39, 0.29) is 6.04 Å². The van der Waals surface area contributed by atoms with E-state index >= 15 is 0 Å². The fraction of sp³-hybridized carbons (Fsp3) is 0.160. The van der Waals surface area contributed by atoms with E-state index in [1.807, 2.05) is 54.6 Å². The highest BCUT2D eigenvalue weighted by molar-refractivity contribution is 6.30. The summed E-state index contributed by atoms with van der Waals surface area (Å²) < 4.78 is 19.0. The van der Waals surface area contributed by atoms with Gasteiger partial charge in [-0.3, -0.25) is 4.57 Å². The van der Waals surface area contributed by atoms with Gasteiger partial charge in [0.2, 0.25) is 5.95 Å². The van der Waals surface area contributed by atoms with Crippen LogP contribution in [0.1, 0.15) is 17.2 Å². The summed E-state index contributed by atoms with van der Waals surface area (Å²) in [6.07, 6.45) is 2.16. The molecule has 0 spiro atoms. The maximum Gasteiger partial charge on any atom is 0.209 e. The molecule has 3 aromatic carbocycles. The molecule has 1 atom stereocenters. The Labute approximate surface area is 191 Å². The molecule has 0 unspecified atom stereocenters. The minimum Gasteiger partial charge on any atom is -0.496 e. The number of nitrogens with one attached hydrogen (secondary N) is 1. The predicted octanol–water partition coefficient (Wildman–Crippen LogP) is 5.77. The zero-order valence-electron chi connectivity index (χ0n) is 17.9. The van der Waals surface area contributed by atoms with E-state index in [4.69, 9.17) is 30.8 Å². The van der Waals surface area contributed by atoms with Crippen molar-refractivity contribution < 1.29 is 14.2 Å². The minimum atomic E-state index is -0.195. The molecule has 0 fully saturated rings. The summed E-state index contributed by atoms with van der Waals surface area (Å²) in [5.41, 5.74) is 4.81. The van der Waals surface area contributed by atoms with Gasteiger partial charge in [0.05, 0.1) is 38.4 Å². The Morgan fingerprint density at radius 3 is 2.28 bits per heavy atom. The molecule has 0 bridgehead atoms. The second kappa shape index (κ2) is 8.13. The van der Waals surface area contributed by atoms with Gasteiger partial charge in [0.25, 0.3) is 0 Å². The summed E-state index contributed by atoms with van der Waals surface area (Å²) in [5.74, 6) is 2.69. The van der Waals surface area contributed by atoms with Gasteiger partial charge in [-0.15, -0.1) is 0 Å². The normalized spacial score (nSPS) is 15.0. The molecule has 1 aromatic heterocycles. The number of hydrogen-bond donors (Lipinski definition) is 1. The number of nitrogens with zero attached hydrogens (tertiary/aromatic N) is 2. The van der Waals surface area contributed by atoms with E-state index in [0.29, 0.717) is 22.3 Å². The number of imidazole rings is 1. The number of ether oxygens (including phenoxy) is 3.